The Bertz CT molecular complexity index is 328. The molecule has 15 heavy (non-hydrogen) atoms. The van der Waals surface area contributed by atoms with E-state index in [4.69, 9.17) is 10.5 Å². The Balaban J connectivity index is 3.01. The van der Waals surface area contributed by atoms with Gasteiger partial charge in [-0.1, -0.05) is 6.92 Å². The topological polar surface area (TPSA) is 75.7 Å². The molecule has 0 aromatic heterocycles. The predicted octanol–water partition coefficient (Wildman–Crippen LogP) is 1.17. The zero-order valence-corrected chi connectivity index (χ0v) is 8.97. The van der Waals surface area contributed by atoms with Crippen molar-refractivity contribution in [3.63, 3.8) is 0 Å². The van der Waals surface area contributed by atoms with Crippen molar-refractivity contribution < 1.29 is 14.9 Å². The molecule has 84 valence electrons. The predicted molar refractivity (Wildman–Crippen MR) is 57.9 cm³/mol. The van der Waals surface area contributed by atoms with Crippen LogP contribution in [-0.2, 0) is 0 Å². The van der Waals surface area contributed by atoms with Crippen LogP contribution in [0.2, 0.25) is 0 Å². The molecule has 0 aliphatic rings. The number of benzene rings is 1. The van der Waals surface area contributed by atoms with Crippen molar-refractivity contribution in [2.75, 3.05) is 7.11 Å². The van der Waals surface area contributed by atoms with Crippen LogP contribution in [0.15, 0.2) is 18.2 Å². The molecule has 0 aliphatic heterocycles. The van der Waals surface area contributed by atoms with Crippen LogP contribution in [0.1, 0.15) is 24.9 Å². The van der Waals surface area contributed by atoms with E-state index >= 15 is 0 Å². The van der Waals surface area contributed by atoms with E-state index in [1.54, 1.807) is 12.1 Å². The van der Waals surface area contributed by atoms with Gasteiger partial charge in [0.15, 0.2) is 0 Å². The van der Waals surface area contributed by atoms with Gasteiger partial charge in [0.05, 0.1) is 19.3 Å². The largest absolute Gasteiger partial charge is 0.508 e. The lowest BCUT2D eigenvalue weighted by Crippen LogP contribution is -2.25. The number of nitrogens with two attached hydrogens (primary N) is 1. The zero-order chi connectivity index (χ0) is 11.4. The Morgan fingerprint density at radius 3 is 2.67 bits per heavy atom. The highest BCUT2D eigenvalue weighted by atomic mass is 16.5. The summed E-state index contributed by atoms with van der Waals surface area (Å²) in [4.78, 5) is 0. The first-order valence-corrected chi connectivity index (χ1v) is 4.90. The van der Waals surface area contributed by atoms with E-state index in [9.17, 15) is 10.2 Å². The number of aromatic hydroxyl groups is 1. The first-order chi connectivity index (χ1) is 7.10. The van der Waals surface area contributed by atoms with Crippen LogP contribution in [-0.4, -0.2) is 23.4 Å². The molecular weight excluding hydrogens is 194 g/mol. The van der Waals surface area contributed by atoms with Crippen LogP contribution in [0, 0.1) is 0 Å². The highest BCUT2D eigenvalue weighted by Crippen LogP contribution is 2.29. The van der Waals surface area contributed by atoms with Crippen molar-refractivity contribution in [1.29, 1.82) is 0 Å². The Hall–Kier alpha value is -1.26. The van der Waals surface area contributed by atoms with E-state index in [2.05, 4.69) is 0 Å². The molecule has 0 aliphatic carbocycles. The number of hydrogen-bond donors (Lipinski definition) is 3. The summed E-state index contributed by atoms with van der Waals surface area (Å²) in [5.41, 5.74) is 6.31. The van der Waals surface area contributed by atoms with Gasteiger partial charge in [-0.2, -0.15) is 0 Å². The molecule has 1 rings (SSSR count). The molecular formula is C11H17NO3. The molecule has 0 amide bonds. The lowest BCUT2D eigenvalue weighted by Gasteiger charge is -2.19. The molecule has 0 unspecified atom stereocenters. The molecule has 0 saturated carbocycles. The Morgan fingerprint density at radius 1 is 1.47 bits per heavy atom. The van der Waals surface area contributed by atoms with E-state index in [-0.39, 0.29) is 5.75 Å². The van der Waals surface area contributed by atoms with Crippen molar-refractivity contribution in [3.05, 3.63) is 23.8 Å². The van der Waals surface area contributed by atoms with Gasteiger partial charge in [-0.3, -0.25) is 0 Å². The summed E-state index contributed by atoms with van der Waals surface area (Å²) in [6.07, 6.45) is -0.124. The summed E-state index contributed by atoms with van der Waals surface area (Å²) in [7, 11) is 1.54. The Labute approximate surface area is 89.3 Å². The molecule has 0 heterocycles. The monoisotopic (exact) mass is 211 g/mol. The van der Waals surface area contributed by atoms with Crippen LogP contribution in [0.3, 0.4) is 0 Å². The number of methoxy groups -OCH3 is 1. The summed E-state index contributed by atoms with van der Waals surface area (Å²) < 4.78 is 5.03. The Morgan fingerprint density at radius 2 is 2.13 bits per heavy atom. The first kappa shape index (κ1) is 11.8. The molecule has 0 saturated heterocycles. The highest BCUT2D eigenvalue weighted by Gasteiger charge is 2.18. The smallest absolute Gasteiger partial charge is 0.120 e. The number of phenolic OH excluding ortho intramolecular Hbond substituents is 1. The highest BCUT2D eigenvalue weighted by molar-refractivity contribution is 5.41. The minimum absolute atomic E-state index is 0.0794. The molecule has 1 aromatic carbocycles. The van der Waals surface area contributed by atoms with E-state index in [1.165, 1.54) is 13.2 Å². The summed E-state index contributed by atoms with van der Waals surface area (Å²) in [6, 6.07) is 4.20. The SMILES string of the molecule is CC[C@H](O)[C@H](N)c1cc(OC)ccc1O. The minimum Gasteiger partial charge on any atom is -0.508 e. The number of aliphatic hydroxyl groups is 1. The third-order valence-corrected chi connectivity index (χ3v) is 2.43. The maximum Gasteiger partial charge on any atom is 0.120 e. The maximum absolute atomic E-state index is 9.60. The molecule has 4 N–H and O–H groups in total. The average molecular weight is 211 g/mol. The van der Waals surface area contributed by atoms with Gasteiger partial charge in [0.1, 0.15) is 11.5 Å². The number of rotatable bonds is 4. The number of aliphatic hydroxyl groups excluding tert-OH is 1. The lowest BCUT2D eigenvalue weighted by molar-refractivity contribution is 0.139. The third-order valence-electron chi connectivity index (χ3n) is 2.43. The second-order valence-electron chi connectivity index (χ2n) is 3.43. The first-order valence-electron chi connectivity index (χ1n) is 4.90. The molecule has 0 bridgehead atoms. The van der Waals surface area contributed by atoms with Crippen LogP contribution in [0.5, 0.6) is 11.5 Å². The van der Waals surface area contributed by atoms with Crippen LogP contribution in [0.25, 0.3) is 0 Å². The Kier molecular flexibility index (Phi) is 3.94. The molecule has 0 fully saturated rings. The molecule has 0 spiro atoms. The average Bonchev–Trinajstić information content (AvgIpc) is 2.27. The molecule has 0 radical (unpaired) electrons. The van der Waals surface area contributed by atoms with Gasteiger partial charge in [-0.15, -0.1) is 0 Å². The fraction of sp³-hybridized carbons (Fsp3) is 0.455. The van der Waals surface area contributed by atoms with Gasteiger partial charge in [0.25, 0.3) is 0 Å². The second kappa shape index (κ2) is 5.00. The van der Waals surface area contributed by atoms with Gasteiger partial charge in [0.2, 0.25) is 0 Å². The van der Waals surface area contributed by atoms with Gasteiger partial charge in [-0.25, -0.2) is 0 Å². The van der Waals surface area contributed by atoms with Crippen LogP contribution in [0.4, 0.5) is 0 Å². The van der Waals surface area contributed by atoms with Crippen LogP contribution < -0.4 is 10.5 Å². The van der Waals surface area contributed by atoms with E-state index in [0.29, 0.717) is 17.7 Å². The lowest BCUT2D eigenvalue weighted by atomic mass is 9.99. The van der Waals surface area contributed by atoms with E-state index in [0.717, 1.165) is 0 Å². The van der Waals surface area contributed by atoms with E-state index in [1.807, 2.05) is 6.92 Å². The fourth-order valence-corrected chi connectivity index (χ4v) is 1.39. The summed E-state index contributed by atoms with van der Waals surface area (Å²) >= 11 is 0. The van der Waals surface area contributed by atoms with Crippen LogP contribution >= 0.6 is 0 Å². The fourth-order valence-electron chi connectivity index (χ4n) is 1.39. The summed E-state index contributed by atoms with van der Waals surface area (Å²) in [5, 5.41) is 19.2. The summed E-state index contributed by atoms with van der Waals surface area (Å²) in [6.45, 7) is 1.84. The minimum atomic E-state index is -0.664. The van der Waals surface area contributed by atoms with Crippen molar-refractivity contribution in [2.45, 2.75) is 25.5 Å². The maximum atomic E-state index is 9.60. The van der Waals surface area contributed by atoms with Crippen molar-refractivity contribution in [1.82, 2.24) is 0 Å². The molecule has 4 heteroatoms. The quantitative estimate of drug-likeness (QED) is 0.698. The van der Waals surface area contributed by atoms with Gasteiger partial charge < -0.3 is 20.7 Å². The standard InChI is InChI=1S/C11H17NO3/c1-3-9(13)11(12)8-6-7(15-2)4-5-10(8)14/h4-6,9,11,13-14H,3,12H2,1-2H3/t9-,11+/m0/s1. The van der Waals surface area contributed by atoms with Gasteiger partial charge >= 0.3 is 0 Å². The zero-order valence-electron chi connectivity index (χ0n) is 8.97. The van der Waals surface area contributed by atoms with Crippen molar-refractivity contribution in [3.8, 4) is 11.5 Å². The van der Waals surface area contributed by atoms with Gasteiger partial charge in [-0.05, 0) is 24.6 Å². The molecule has 4 nitrogen and oxygen atoms in total. The number of hydrogen-bond acceptors (Lipinski definition) is 4. The summed E-state index contributed by atoms with van der Waals surface area (Å²) in [5.74, 6) is 0.692. The van der Waals surface area contributed by atoms with Gasteiger partial charge in [0, 0.05) is 5.56 Å². The van der Waals surface area contributed by atoms with Crippen molar-refractivity contribution >= 4 is 0 Å². The van der Waals surface area contributed by atoms with E-state index < -0.39 is 12.1 Å². The number of phenols is 1. The third kappa shape index (κ3) is 2.61. The molecule has 1 aromatic rings. The number of ether oxygens (including phenoxy) is 1. The molecule has 2 atom stereocenters. The normalized spacial score (nSPS) is 14.7. The second-order valence-corrected chi connectivity index (χ2v) is 3.43. The van der Waals surface area contributed by atoms with Crippen molar-refractivity contribution in [2.24, 2.45) is 5.73 Å².